The maximum Gasteiger partial charge on any atom is 0.243 e. The number of amides is 2. The topological polar surface area (TPSA) is 102 Å². The molecule has 2 aliphatic rings. The third kappa shape index (κ3) is 1.92. The molecule has 0 spiro atoms. The molecule has 82 valence electrons. The molecule has 0 aromatic rings. The maximum atomic E-state index is 11.8. The van der Waals surface area contributed by atoms with Crippen LogP contribution in [0.3, 0.4) is 0 Å². The molecule has 15 heavy (non-hydrogen) atoms. The molecule has 1 aliphatic carbocycles. The van der Waals surface area contributed by atoms with Crippen molar-refractivity contribution in [2.75, 3.05) is 0 Å². The van der Waals surface area contributed by atoms with E-state index in [4.69, 9.17) is 11.6 Å². The molecule has 7 heteroatoms. The molecular weight excluding hydrogens is 216 g/mol. The number of rotatable bonds is 2. The number of thioether (sulfide) groups is 1. The third-order valence-corrected chi connectivity index (χ3v) is 3.44. The number of imide groups is 1. The summed E-state index contributed by atoms with van der Waals surface area (Å²) in [6, 6.07) is 0.131. The Hall–Kier alpha value is -1.24. The Morgan fingerprint density at radius 3 is 2.67 bits per heavy atom. The quantitative estimate of drug-likeness (QED) is 0.212. The van der Waals surface area contributed by atoms with E-state index in [0.717, 1.165) is 24.6 Å². The number of nitrogens with zero attached hydrogens (tertiary/aromatic N) is 2. The highest BCUT2D eigenvalue weighted by molar-refractivity contribution is 8.14. The smallest absolute Gasteiger partial charge is 0.243 e. The van der Waals surface area contributed by atoms with Crippen LogP contribution < -0.4 is 11.6 Å². The van der Waals surface area contributed by atoms with Gasteiger partial charge in [0.15, 0.2) is 5.17 Å². The number of hydrogen-bond acceptors (Lipinski definition) is 5. The zero-order valence-corrected chi connectivity index (χ0v) is 8.87. The Kier molecular flexibility index (Phi) is 2.56. The Bertz CT molecular complexity index is 340. The minimum atomic E-state index is -0.439. The van der Waals surface area contributed by atoms with E-state index in [2.05, 4.69) is 5.10 Å². The summed E-state index contributed by atoms with van der Waals surface area (Å²) in [7, 11) is 0. The largest absolute Gasteiger partial charge is 0.377 e. The fraction of sp³-hybridized carbons (Fsp3) is 0.625. The number of amidine groups is 1. The van der Waals surface area contributed by atoms with Gasteiger partial charge >= 0.3 is 0 Å². The van der Waals surface area contributed by atoms with Crippen LogP contribution in [0.4, 0.5) is 0 Å². The zero-order chi connectivity index (χ0) is 11.0. The van der Waals surface area contributed by atoms with Gasteiger partial charge < -0.3 is 11.6 Å². The lowest BCUT2D eigenvalue weighted by Crippen LogP contribution is -2.33. The van der Waals surface area contributed by atoms with Crippen LogP contribution in [0.15, 0.2) is 5.10 Å². The molecule has 1 saturated heterocycles. The first-order chi connectivity index (χ1) is 7.13. The van der Waals surface area contributed by atoms with Crippen LogP contribution >= 0.6 is 11.8 Å². The van der Waals surface area contributed by atoms with Gasteiger partial charge in [-0.3, -0.25) is 14.5 Å². The van der Waals surface area contributed by atoms with Crippen molar-refractivity contribution in [1.82, 2.24) is 4.90 Å². The lowest BCUT2D eigenvalue weighted by molar-refractivity contribution is -0.138. The standard InChI is InChI=1S/C8H12N4O2S/c9-8(11-10)15-5-3-6(13)12(7(5)14)4-1-2-4/h4-5H,1-3,10H2,(H2,9,11). The first-order valence-electron chi connectivity index (χ1n) is 4.69. The average molecular weight is 228 g/mol. The van der Waals surface area contributed by atoms with E-state index in [1.165, 1.54) is 4.90 Å². The van der Waals surface area contributed by atoms with Gasteiger partial charge in [-0.25, -0.2) is 0 Å². The predicted octanol–water partition coefficient (Wildman–Crippen LogP) is -0.802. The number of hydrogen-bond donors (Lipinski definition) is 2. The van der Waals surface area contributed by atoms with E-state index in [1.54, 1.807) is 0 Å². The molecule has 1 aliphatic heterocycles. The summed E-state index contributed by atoms with van der Waals surface area (Å²) in [5.74, 6) is 4.71. The van der Waals surface area contributed by atoms with Gasteiger partial charge in [-0.05, 0) is 12.8 Å². The highest BCUT2D eigenvalue weighted by atomic mass is 32.2. The summed E-state index contributed by atoms with van der Waals surface area (Å²) in [5.41, 5.74) is 5.40. The fourth-order valence-corrected chi connectivity index (χ4v) is 2.40. The van der Waals surface area contributed by atoms with Crippen LogP contribution in [0, 0.1) is 0 Å². The first-order valence-corrected chi connectivity index (χ1v) is 5.57. The SMILES string of the molecule is NN=C(N)SC1CC(=O)N(C2CC2)C1=O. The molecule has 1 unspecified atom stereocenters. The minimum absolute atomic E-state index is 0.107. The van der Waals surface area contributed by atoms with Gasteiger partial charge in [-0.1, -0.05) is 11.8 Å². The molecule has 2 fully saturated rings. The highest BCUT2D eigenvalue weighted by Crippen LogP contribution is 2.34. The zero-order valence-electron chi connectivity index (χ0n) is 8.05. The summed E-state index contributed by atoms with van der Waals surface area (Å²) in [6.07, 6.45) is 2.06. The van der Waals surface area contributed by atoms with Gasteiger partial charge in [0, 0.05) is 12.5 Å². The van der Waals surface area contributed by atoms with Gasteiger partial charge in [-0.2, -0.15) is 5.10 Å². The van der Waals surface area contributed by atoms with Crippen LogP contribution in [0.1, 0.15) is 19.3 Å². The molecular formula is C8H12N4O2S. The molecule has 4 N–H and O–H groups in total. The highest BCUT2D eigenvalue weighted by Gasteiger charge is 2.46. The Balaban J connectivity index is 2.04. The van der Waals surface area contributed by atoms with Crippen LogP contribution in [-0.2, 0) is 9.59 Å². The van der Waals surface area contributed by atoms with Gasteiger partial charge in [0.25, 0.3) is 0 Å². The van der Waals surface area contributed by atoms with Crippen molar-refractivity contribution >= 4 is 28.7 Å². The van der Waals surface area contributed by atoms with Gasteiger partial charge in [-0.15, -0.1) is 0 Å². The second kappa shape index (κ2) is 3.73. The van der Waals surface area contributed by atoms with Crippen molar-refractivity contribution in [3.05, 3.63) is 0 Å². The number of hydrazone groups is 1. The summed E-state index contributed by atoms with van der Waals surface area (Å²) < 4.78 is 0. The van der Waals surface area contributed by atoms with Crippen molar-refractivity contribution in [3.8, 4) is 0 Å². The monoisotopic (exact) mass is 228 g/mol. The van der Waals surface area contributed by atoms with E-state index in [-0.39, 0.29) is 29.4 Å². The van der Waals surface area contributed by atoms with Crippen LogP contribution in [0.2, 0.25) is 0 Å². The fourth-order valence-electron chi connectivity index (χ4n) is 1.61. The Morgan fingerprint density at radius 2 is 2.13 bits per heavy atom. The summed E-state index contributed by atoms with van der Waals surface area (Å²) >= 11 is 1.06. The number of nitrogens with two attached hydrogens (primary N) is 2. The van der Waals surface area contributed by atoms with Crippen molar-refractivity contribution < 1.29 is 9.59 Å². The second-order valence-electron chi connectivity index (χ2n) is 3.61. The molecule has 1 saturated carbocycles. The van der Waals surface area contributed by atoms with Gasteiger partial charge in [0.2, 0.25) is 11.8 Å². The van der Waals surface area contributed by atoms with E-state index in [0.29, 0.717) is 0 Å². The Labute approximate surface area is 91.0 Å². The molecule has 2 amide bonds. The average Bonchev–Trinajstić information content (AvgIpc) is 2.97. The van der Waals surface area contributed by atoms with Crippen molar-refractivity contribution in [2.24, 2.45) is 16.7 Å². The third-order valence-electron chi connectivity index (χ3n) is 2.44. The lowest BCUT2D eigenvalue weighted by Gasteiger charge is -2.12. The number of likely N-dealkylation sites (tertiary alicyclic amines) is 1. The second-order valence-corrected chi connectivity index (χ2v) is 4.83. The van der Waals surface area contributed by atoms with Gasteiger partial charge in [0.1, 0.15) is 5.25 Å². The van der Waals surface area contributed by atoms with Crippen molar-refractivity contribution in [1.29, 1.82) is 0 Å². The van der Waals surface area contributed by atoms with Crippen LogP contribution in [0.5, 0.6) is 0 Å². The van der Waals surface area contributed by atoms with E-state index in [1.807, 2.05) is 0 Å². The molecule has 0 radical (unpaired) electrons. The molecule has 1 heterocycles. The minimum Gasteiger partial charge on any atom is -0.377 e. The van der Waals surface area contributed by atoms with Gasteiger partial charge in [0.05, 0.1) is 0 Å². The number of carbonyl (C=O) groups excluding carboxylic acids is 2. The predicted molar refractivity (Wildman–Crippen MR) is 56.7 cm³/mol. The molecule has 1 atom stereocenters. The van der Waals surface area contributed by atoms with Crippen LogP contribution in [0.25, 0.3) is 0 Å². The molecule has 0 bridgehead atoms. The van der Waals surface area contributed by atoms with E-state index >= 15 is 0 Å². The summed E-state index contributed by atoms with van der Waals surface area (Å²) in [6.45, 7) is 0. The number of carbonyl (C=O) groups is 2. The first kappa shape index (κ1) is 10.3. The summed E-state index contributed by atoms with van der Waals surface area (Å²) in [5, 5.41) is 2.97. The molecule has 6 nitrogen and oxygen atoms in total. The maximum absolute atomic E-state index is 11.8. The molecule has 0 aromatic heterocycles. The molecule has 2 rings (SSSR count). The van der Waals surface area contributed by atoms with Crippen molar-refractivity contribution in [2.45, 2.75) is 30.6 Å². The normalized spacial score (nSPS) is 27.6. The van der Waals surface area contributed by atoms with E-state index < -0.39 is 5.25 Å². The lowest BCUT2D eigenvalue weighted by atomic mass is 10.4. The van der Waals surface area contributed by atoms with E-state index in [9.17, 15) is 9.59 Å². The molecule has 0 aromatic carbocycles. The Morgan fingerprint density at radius 1 is 1.47 bits per heavy atom. The summed E-state index contributed by atoms with van der Waals surface area (Å²) in [4.78, 5) is 24.7. The van der Waals surface area contributed by atoms with Crippen molar-refractivity contribution in [3.63, 3.8) is 0 Å². The van der Waals surface area contributed by atoms with Crippen LogP contribution in [-0.4, -0.2) is 33.2 Å².